The van der Waals surface area contributed by atoms with Crippen LogP contribution in [0.3, 0.4) is 0 Å². The molecular formula is C14H26N4O. The van der Waals surface area contributed by atoms with Crippen LogP contribution in [0.1, 0.15) is 39.4 Å². The van der Waals surface area contributed by atoms with Crippen molar-refractivity contribution in [2.75, 3.05) is 30.8 Å². The molecule has 0 spiro atoms. The van der Waals surface area contributed by atoms with Gasteiger partial charge in [0, 0.05) is 26.3 Å². The first-order chi connectivity index (χ1) is 9.23. The topological polar surface area (TPSA) is 59.1 Å². The van der Waals surface area contributed by atoms with Crippen LogP contribution in [0.4, 0.5) is 11.6 Å². The summed E-state index contributed by atoms with van der Waals surface area (Å²) in [6.07, 6.45) is 2.36. The number of ether oxygens (including phenoxy) is 1. The summed E-state index contributed by atoms with van der Waals surface area (Å²) in [4.78, 5) is 8.84. The first kappa shape index (κ1) is 15.7. The van der Waals surface area contributed by atoms with Crippen LogP contribution in [-0.4, -0.2) is 30.2 Å². The van der Waals surface area contributed by atoms with Gasteiger partial charge in [0.05, 0.1) is 0 Å². The molecular weight excluding hydrogens is 240 g/mol. The summed E-state index contributed by atoms with van der Waals surface area (Å²) < 4.78 is 5.36. The molecule has 0 aromatic carbocycles. The Morgan fingerprint density at radius 2 is 1.84 bits per heavy atom. The van der Waals surface area contributed by atoms with Gasteiger partial charge in [0.15, 0.2) is 5.82 Å². The number of rotatable bonds is 9. The molecule has 5 nitrogen and oxygen atoms in total. The Bertz CT molecular complexity index is 366. The molecule has 0 saturated carbocycles. The Morgan fingerprint density at radius 3 is 2.42 bits per heavy atom. The van der Waals surface area contributed by atoms with Gasteiger partial charge >= 0.3 is 0 Å². The zero-order valence-electron chi connectivity index (χ0n) is 12.5. The van der Waals surface area contributed by atoms with E-state index >= 15 is 0 Å². The van der Waals surface area contributed by atoms with E-state index in [1.807, 2.05) is 20.0 Å². The van der Waals surface area contributed by atoms with E-state index in [0.29, 0.717) is 25.0 Å². The van der Waals surface area contributed by atoms with E-state index in [1.165, 1.54) is 12.8 Å². The summed E-state index contributed by atoms with van der Waals surface area (Å²) in [7, 11) is 1.86. The molecule has 1 heterocycles. The van der Waals surface area contributed by atoms with Gasteiger partial charge in [-0.25, -0.2) is 9.97 Å². The van der Waals surface area contributed by atoms with Crippen molar-refractivity contribution in [1.82, 2.24) is 9.97 Å². The van der Waals surface area contributed by atoms with Gasteiger partial charge in [0.1, 0.15) is 18.2 Å². The van der Waals surface area contributed by atoms with Crippen LogP contribution in [0, 0.1) is 5.92 Å². The fraction of sp³-hybridized carbons (Fsp3) is 0.714. The average Bonchev–Trinajstić information content (AvgIpc) is 2.46. The first-order valence-electron chi connectivity index (χ1n) is 7.10. The molecule has 0 saturated heterocycles. The number of nitrogens with one attached hydrogen (secondary N) is 2. The van der Waals surface area contributed by atoms with Crippen molar-refractivity contribution in [2.45, 2.75) is 40.2 Å². The SMILES string of the molecule is CCOCc1nc(NC)cc(NCC(CC)CC)n1. The van der Waals surface area contributed by atoms with Crippen molar-refractivity contribution < 1.29 is 4.74 Å². The molecule has 0 atom stereocenters. The van der Waals surface area contributed by atoms with E-state index in [1.54, 1.807) is 0 Å². The minimum atomic E-state index is 0.450. The summed E-state index contributed by atoms with van der Waals surface area (Å²) in [6, 6.07) is 1.93. The van der Waals surface area contributed by atoms with Crippen LogP contribution in [0.25, 0.3) is 0 Å². The summed E-state index contributed by atoms with van der Waals surface area (Å²) >= 11 is 0. The third kappa shape index (κ3) is 5.42. The third-order valence-electron chi connectivity index (χ3n) is 3.19. The molecule has 19 heavy (non-hydrogen) atoms. The number of anilines is 2. The van der Waals surface area contributed by atoms with Crippen LogP contribution in [0.2, 0.25) is 0 Å². The largest absolute Gasteiger partial charge is 0.374 e. The summed E-state index contributed by atoms with van der Waals surface area (Å²) in [5, 5.41) is 6.44. The smallest absolute Gasteiger partial charge is 0.158 e. The molecule has 0 fully saturated rings. The summed E-state index contributed by atoms with van der Waals surface area (Å²) in [6.45, 7) is 8.47. The van der Waals surface area contributed by atoms with Gasteiger partial charge in [0.25, 0.3) is 0 Å². The molecule has 0 aliphatic rings. The van der Waals surface area contributed by atoms with Gasteiger partial charge in [0.2, 0.25) is 0 Å². The lowest BCUT2D eigenvalue weighted by Gasteiger charge is -2.15. The molecule has 108 valence electrons. The third-order valence-corrected chi connectivity index (χ3v) is 3.19. The number of nitrogens with zero attached hydrogens (tertiary/aromatic N) is 2. The number of hydrogen-bond donors (Lipinski definition) is 2. The monoisotopic (exact) mass is 266 g/mol. The summed E-state index contributed by atoms with van der Waals surface area (Å²) in [5.41, 5.74) is 0. The zero-order chi connectivity index (χ0) is 14.1. The van der Waals surface area contributed by atoms with E-state index in [4.69, 9.17) is 4.74 Å². The predicted molar refractivity (Wildman–Crippen MR) is 79.5 cm³/mol. The van der Waals surface area contributed by atoms with Crippen molar-refractivity contribution in [3.63, 3.8) is 0 Å². The fourth-order valence-corrected chi connectivity index (χ4v) is 1.80. The molecule has 0 radical (unpaired) electrons. The van der Waals surface area contributed by atoms with Crippen molar-refractivity contribution in [1.29, 1.82) is 0 Å². The highest BCUT2D eigenvalue weighted by Crippen LogP contribution is 2.14. The van der Waals surface area contributed by atoms with Crippen LogP contribution in [0.15, 0.2) is 6.07 Å². The lowest BCUT2D eigenvalue weighted by molar-refractivity contribution is 0.128. The van der Waals surface area contributed by atoms with Crippen molar-refractivity contribution in [2.24, 2.45) is 5.92 Å². The second-order valence-corrected chi connectivity index (χ2v) is 4.51. The molecule has 1 aromatic heterocycles. The van der Waals surface area contributed by atoms with Crippen LogP contribution < -0.4 is 10.6 Å². The minimum Gasteiger partial charge on any atom is -0.374 e. The zero-order valence-corrected chi connectivity index (χ0v) is 12.5. The molecule has 0 aliphatic carbocycles. The molecule has 1 aromatic rings. The second-order valence-electron chi connectivity index (χ2n) is 4.51. The van der Waals surface area contributed by atoms with Gasteiger partial charge in [-0.05, 0) is 12.8 Å². The Labute approximate surface area is 116 Å². The first-order valence-corrected chi connectivity index (χ1v) is 7.10. The van der Waals surface area contributed by atoms with E-state index < -0.39 is 0 Å². The standard InChI is InChI=1S/C14H26N4O/c1-5-11(6-2)9-16-13-8-12(15-4)17-14(18-13)10-19-7-3/h8,11H,5-7,9-10H2,1-4H3,(H2,15,16,17,18). The molecule has 2 N–H and O–H groups in total. The molecule has 0 aliphatic heterocycles. The Kier molecular flexibility index (Phi) is 7.18. The lowest BCUT2D eigenvalue weighted by Crippen LogP contribution is -2.15. The number of aromatic nitrogens is 2. The van der Waals surface area contributed by atoms with Gasteiger partial charge in [-0.15, -0.1) is 0 Å². The highest BCUT2D eigenvalue weighted by molar-refractivity contribution is 5.47. The molecule has 1 rings (SSSR count). The Hall–Kier alpha value is -1.36. The van der Waals surface area contributed by atoms with Crippen molar-refractivity contribution in [3.05, 3.63) is 11.9 Å². The maximum atomic E-state index is 5.36. The van der Waals surface area contributed by atoms with E-state index in [-0.39, 0.29) is 0 Å². The lowest BCUT2D eigenvalue weighted by atomic mass is 10.0. The van der Waals surface area contributed by atoms with E-state index in [9.17, 15) is 0 Å². The fourth-order valence-electron chi connectivity index (χ4n) is 1.80. The highest BCUT2D eigenvalue weighted by atomic mass is 16.5. The minimum absolute atomic E-state index is 0.450. The maximum Gasteiger partial charge on any atom is 0.158 e. The average molecular weight is 266 g/mol. The van der Waals surface area contributed by atoms with Gasteiger partial charge in [-0.1, -0.05) is 26.7 Å². The molecule has 0 unspecified atom stereocenters. The molecule has 0 amide bonds. The highest BCUT2D eigenvalue weighted by Gasteiger charge is 2.07. The van der Waals surface area contributed by atoms with Crippen molar-refractivity contribution >= 4 is 11.6 Å². The number of hydrogen-bond acceptors (Lipinski definition) is 5. The predicted octanol–water partition coefficient (Wildman–Crippen LogP) is 2.90. The molecule has 0 bridgehead atoms. The molecule has 5 heteroatoms. The van der Waals surface area contributed by atoms with Crippen LogP contribution in [-0.2, 0) is 11.3 Å². The second kappa shape index (κ2) is 8.69. The normalized spacial score (nSPS) is 10.8. The Balaban J connectivity index is 2.70. The Morgan fingerprint density at radius 1 is 1.16 bits per heavy atom. The van der Waals surface area contributed by atoms with Gasteiger partial charge in [-0.2, -0.15) is 0 Å². The van der Waals surface area contributed by atoms with Crippen molar-refractivity contribution in [3.8, 4) is 0 Å². The van der Waals surface area contributed by atoms with Gasteiger partial charge in [-0.3, -0.25) is 0 Å². The summed E-state index contributed by atoms with van der Waals surface area (Å²) in [5.74, 6) is 3.07. The maximum absolute atomic E-state index is 5.36. The quantitative estimate of drug-likeness (QED) is 0.719. The van der Waals surface area contributed by atoms with E-state index in [0.717, 1.165) is 18.2 Å². The van der Waals surface area contributed by atoms with Crippen LogP contribution in [0.5, 0.6) is 0 Å². The van der Waals surface area contributed by atoms with E-state index in [2.05, 4.69) is 34.4 Å². The van der Waals surface area contributed by atoms with Crippen LogP contribution >= 0.6 is 0 Å². The van der Waals surface area contributed by atoms with Gasteiger partial charge < -0.3 is 15.4 Å².